The molecule has 0 unspecified atom stereocenters. The predicted octanol–water partition coefficient (Wildman–Crippen LogP) is 7.10. The number of fused-ring (bicyclic) bond motifs is 1. The normalized spacial score (nSPS) is 16.4. The van der Waals surface area contributed by atoms with Gasteiger partial charge < -0.3 is 10.1 Å². The van der Waals surface area contributed by atoms with Gasteiger partial charge in [-0.3, -0.25) is 9.69 Å². The summed E-state index contributed by atoms with van der Waals surface area (Å²) in [6.45, 7) is 8.85. The van der Waals surface area contributed by atoms with Crippen molar-refractivity contribution in [3.63, 3.8) is 0 Å². The molecule has 0 radical (unpaired) electrons. The van der Waals surface area contributed by atoms with Crippen LogP contribution in [0.2, 0.25) is 0 Å². The average molecular weight is 536 g/mol. The number of likely N-dealkylation sites (tertiary alicyclic amines) is 1. The summed E-state index contributed by atoms with van der Waals surface area (Å²) in [4.78, 5) is 21.3. The van der Waals surface area contributed by atoms with Gasteiger partial charge in [0, 0.05) is 28.6 Å². The van der Waals surface area contributed by atoms with Gasteiger partial charge in [-0.15, -0.1) is 0 Å². The van der Waals surface area contributed by atoms with E-state index in [0.717, 1.165) is 58.2 Å². The minimum absolute atomic E-state index is 0.00842. The van der Waals surface area contributed by atoms with Crippen molar-refractivity contribution in [1.29, 1.82) is 0 Å². The minimum Gasteiger partial charge on any atom is -0.375 e. The Balaban J connectivity index is 1.48. The standard InChI is InChI=1S/C35H41N3O2/c1-4-32(26-14-7-5-8-15-26)36-34(39)22-30-29-19-11-12-20-33(29)37-35(27-16-9-6-10-17-27)31(30)24-40-23-28-18-13-21-38(28)25(2)3/h5-12,14-17,19-20,25,28,32H,4,13,18,21-24H2,1-3H3,(H,36,39)/t28-,32-/m0/s1. The van der Waals surface area contributed by atoms with Gasteiger partial charge in [-0.1, -0.05) is 85.8 Å². The van der Waals surface area contributed by atoms with Crippen molar-refractivity contribution in [3.8, 4) is 11.3 Å². The summed E-state index contributed by atoms with van der Waals surface area (Å²) < 4.78 is 6.48. The van der Waals surface area contributed by atoms with Crippen LogP contribution in [0.15, 0.2) is 84.9 Å². The van der Waals surface area contributed by atoms with Gasteiger partial charge >= 0.3 is 0 Å². The second-order valence-corrected chi connectivity index (χ2v) is 11.1. The molecular weight excluding hydrogens is 494 g/mol. The lowest BCUT2D eigenvalue weighted by Crippen LogP contribution is -2.38. The highest BCUT2D eigenvalue weighted by Gasteiger charge is 2.27. The van der Waals surface area contributed by atoms with Crippen molar-refractivity contribution < 1.29 is 9.53 Å². The number of aromatic nitrogens is 1. The van der Waals surface area contributed by atoms with E-state index >= 15 is 0 Å². The molecule has 208 valence electrons. The number of amides is 1. The maximum atomic E-state index is 13.6. The molecule has 0 aliphatic carbocycles. The Morgan fingerprint density at radius 3 is 2.40 bits per heavy atom. The monoisotopic (exact) mass is 535 g/mol. The molecular formula is C35H41N3O2. The number of ether oxygens (including phenoxy) is 1. The molecule has 0 saturated carbocycles. The third-order valence-corrected chi connectivity index (χ3v) is 8.08. The quantitative estimate of drug-likeness (QED) is 0.223. The minimum atomic E-state index is -0.0283. The Morgan fingerprint density at radius 2 is 1.68 bits per heavy atom. The molecule has 40 heavy (non-hydrogen) atoms. The van der Waals surface area contributed by atoms with Crippen molar-refractivity contribution in [1.82, 2.24) is 15.2 Å². The zero-order valence-electron chi connectivity index (χ0n) is 24.0. The number of rotatable bonds is 11. The second kappa shape index (κ2) is 13.2. The third-order valence-electron chi connectivity index (χ3n) is 8.08. The van der Waals surface area contributed by atoms with Gasteiger partial charge in [0.15, 0.2) is 0 Å². The van der Waals surface area contributed by atoms with Crippen molar-refractivity contribution in [3.05, 3.63) is 102 Å². The molecule has 1 saturated heterocycles. The molecule has 2 heterocycles. The summed E-state index contributed by atoms with van der Waals surface area (Å²) in [5.41, 5.74) is 5.94. The number of para-hydroxylation sites is 1. The van der Waals surface area contributed by atoms with E-state index in [0.29, 0.717) is 25.3 Å². The van der Waals surface area contributed by atoms with Gasteiger partial charge in [-0.2, -0.15) is 0 Å². The fourth-order valence-electron chi connectivity index (χ4n) is 6.04. The summed E-state index contributed by atoms with van der Waals surface area (Å²) >= 11 is 0. The van der Waals surface area contributed by atoms with Crippen LogP contribution in [-0.2, 0) is 22.6 Å². The van der Waals surface area contributed by atoms with Crippen LogP contribution in [-0.4, -0.2) is 41.0 Å². The van der Waals surface area contributed by atoms with Crippen LogP contribution >= 0.6 is 0 Å². The summed E-state index contributed by atoms with van der Waals surface area (Å²) in [5, 5.41) is 4.30. The van der Waals surface area contributed by atoms with Crippen LogP contribution in [0.1, 0.15) is 62.8 Å². The SMILES string of the molecule is CC[C@H](NC(=O)Cc1c(COC[C@@H]2CCCN2C(C)C)c(-c2ccccc2)nc2ccccc12)c1ccccc1. The number of carbonyl (C=O) groups excluding carboxylic acids is 1. The van der Waals surface area contributed by atoms with E-state index in [1.807, 2.05) is 54.6 Å². The van der Waals surface area contributed by atoms with E-state index < -0.39 is 0 Å². The van der Waals surface area contributed by atoms with Crippen molar-refractivity contribution in [2.45, 2.75) is 71.2 Å². The molecule has 1 aromatic heterocycles. The largest absolute Gasteiger partial charge is 0.375 e. The predicted molar refractivity (Wildman–Crippen MR) is 163 cm³/mol. The first-order chi connectivity index (χ1) is 19.5. The Hall–Kier alpha value is -3.54. The highest BCUT2D eigenvalue weighted by Crippen LogP contribution is 2.32. The lowest BCUT2D eigenvalue weighted by atomic mass is 9.94. The highest BCUT2D eigenvalue weighted by molar-refractivity contribution is 5.92. The van der Waals surface area contributed by atoms with E-state index in [4.69, 9.17) is 9.72 Å². The Labute approximate surface area is 238 Å². The molecule has 0 spiro atoms. The van der Waals surface area contributed by atoms with Crippen molar-refractivity contribution in [2.24, 2.45) is 0 Å². The Kier molecular flexibility index (Phi) is 9.25. The highest BCUT2D eigenvalue weighted by atomic mass is 16.5. The number of pyridine rings is 1. The molecule has 1 N–H and O–H groups in total. The molecule has 5 heteroatoms. The van der Waals surface area contributed by atoms with Gasteiger partial charge in [-0.05, 0) is 56.8 Å². The molecule has 1 aliphatic rings. The lowest BCUT2D eigenvalue weighted by Gasteiger charge is -2.28. The first-order valence-corrected chi connectivity index (χ1v) is 14.7. The number of nitrogens with one attached hydrogen (secondary N) is 1. The van der Waals surface area contributed by atoms with Crippen LogP contribution in [0.3, 0.4) is 0 Å². The summed E-state index contributed by atoms with van der Waals surface area (Å²) in [6, 6.07) is 29.5. The summed E-state index contributed by atoms with van der Waals surface area (Å²) in [6.07, 6.45) is 3.47. The van der Waals surface area contributed by atoms with Gasteiger partial charge in [0.2, 0.25) is 5.91 Å². The van der Waals surface area contributed by atoms with Crippen molar-refractivity contribution in [2.75, 3.05) is 13.2 Å². The smallest absolute Gasteiger partial charge is 0.224 e. The molecule has 5 rings (SSSR count). The van der Waals surface area contributed by atoms with Crippen LogP contribution in [0, 0.1) is 0 Å². The van der Waals surface area contributed by atoms with Gasteiger partial charge in [0.05, 0.1) is 36.9 Å². The van der Waals surface area contributed by atoms with Gasteiger partial charge in [-0.25, -0.2) is 4.98 Å². The van der Waals surface area contributed by atoms with Crippen LogP contribution in [0.4, 0.5) is 0 Å². The summed E-state index contributed by atoms with van der Waals surface area (Å²) in [5.74, 6) is 0.00842. The maximum absolute atomic E-state index is 13.6. The van der Waals surface area contributed by atoms with E-state index in [2.05, 4.69) is 61.3 Å². The number of carbonyl (C=O) groups is 1. The molecule has 2 atom stereocenters. The number of nitrogens with zero attached hydrogens (tertiary/aromatic N) is 2. The van der Waals surface area contributed by atoms with E-state index in [-0.39, 0.29) is 18.4 Å². The third kappa shape index (κ3) is 6.43. The number of hydrogen-bond donors (Lipinski definition) is 1. The van der Waals surface area contributed by atoms with Crippen LogP contribution in [0.5, 0.6) is 0 Å². The number of hydrogen-bond acceptors (Lipinski definition) is 4. The van der Waals surface area contributed by atoms with Crippen LogP contribution in [0.25, 0.3) is 22.2 Å². The first-order valence-electron chi connectivity index (χ1n) is 14.7. The Morgan fingerprint density at radius 1 is 0.975 bits per heavy atom. The molecule has 1 aliphatic heterocycles. The molecule has 3 aromatic carbocycles. The fraction of sp³-hybridized carbons (Fsp3) is 0.371. The van der Waals surface area contributed by atoms with E-state index in [9.17, 15) is 4.79 Å². The zero-order chi connectivity index (χ0) is 27.9. The topological polar surface area (TPSA) is 54.5 Å². The molecule has 5 nitrogen and oxygen atoms in total. The molecule has 1 amide bonds. The molecule has 1 fully saturated rings. The molecule has 0 bridgehead atoms. The zero-order valence-corrected chi connectivity index (χ0v) is 24.0. The fourth-order valence-corrected chi connectivity index (χ4v) is 6.04. The first kappa shape index (κ1) is 28.0. The average Bonchev–Trinajstić information content (AvgIpc) is 3.46. The second-order valence-electron chi connectivity index (χ2n) is 11.1. The Bertz CT molecular complexity index is 1400. The maximum Gasteiger partial charge on any atom is 0.224 e. The van der Waals surface area contributed by atoms with E-state index in [1.54, 1.807) is 0 Å². The van der Waals surface area contributed by atoms with Gasteiger partial charge in [0.25, 0.3) is 0 Å². The summed E-state index contributed by atoms with van der Waals surface area (Å²) in [7, 11) is 0. The van der Waals surface area contributed by atoms with Crippen molar-refractivity contribution >= 4 is 16.8 Å². The lowest BCUT2D eigenvalue weighted by molar-refractivity contribution is -0.121. The molecule has 4 aromatic rings. The van der Waals surface area contributed by atoms with E-state index in [1.165, 1.54) is 6.42 Å². The van der Waals surface area contributed by atoms with Gasteiger partial charge in [0.1, 0.15) is 0 Å². The van der Waals surface area contributed by atoms with Crippen LogP contribution < -0.4 is 5.32 Å². The number of benzene rings is 3.